The maximum absolute atomic E-state index is 11.3. The summed E-state index contributed by atoms with van der Waals surface area (Å²) < 4.78 is 4.54. The van der Waals surface area contributed by atoms with E-state index in [0.29, 0.717) is 11.5 Å². The van der Waals surface area contributed by atoms with Crippen LogP contribution < -0.4 is 16.4 Å². The van der Waals surface area contributed by atoms with Crippen LogP contribution in [0, 0.1) is 0 Å². The Morgan fingerprint density at radius 1 is 1.47 bits per heavy atom. The number of methoxy groups -OCH3 is 1. The van der Waals surface area contributed by atoms with Crippen molar-refractivity contribution in [2.24, 2.45) is 5.73 Å². The van der Waals surface area contributed by atoms with Crippen LogP contribution in [0.25, 0.3) is 0 Å². The van der Waals surface area contributed by atoms with Crippen LogP contribution in [-0.2, 0) is 9.53 Å². The molecule has 0 spiro atoms. The lowest BCUT2D eigenvalue weighted by Gasteiger charge is -2.18. The zero-order valence-corrected chi connectivity index (χ0v) is 9.64. The van der Waals surface area contributed by atoms with Gasteiger partial charge >= 0.3 is 5.97 Å². The number of nitrogens with two attached hydrogens (primary N) is 2. The van der Waals surface area contributed by atoms with Crippen molar-refractivity contribution in [1.82, 2.24) is 4.98 Å². The molecule has 0 aliphatic carbocycles. The van der Waals surface area contributed by atoms with Gasteiger partial charge in [0.15, 0.2) is 11.5 Å². The number of primary amides is 1. The second-order valence-electron chi connectivity index (χ2n) is 3.42. The number of anilines is 2. The molecule has 7 nitrogen and oxygen atoms in total. The van der Waals surface area contributed by atoms with E-state index >= 15 is 0 Å². The number of likely N-dealkylation sites (N-methyl/N-ethyl adjacent to an activating group) is 1. The first-order valence-electron chi connectivity index (χ1n) is 4.80. The average Bonchev–Trinajstić information content (AvgIpc) is 2.27. The lowest BCUT2D eigenvalue weighted by molar-refractivity contribution is -0.116. The van der Waals surface area contributed by atoms with Crippen molar-refractivity contribution in [2.75, 3.05) is 31.3 Å². The molecule has 1 heterocycles. The minimum atomic E-state index is -0.571. The van der Waals surface area contributed by atoms with Crippen LogP contribution in [0.15, 0.2) is 12.1 Å². The number of hydrogen-bond donors (Lipinski definition) is 2. The Balaban J connectivity index is 3.05. The third-order valence-electron chi connectivity index (χ3n) is 2.05. The first-order valence-corrected chi connectivity index (χ1v) is 4.80. The SMILES string of the molecule is COC(=O)c1ccc(N)c(N(C)CC(N)=O)n1. The van der Waals surface area contributed by atoms with E-state index in [1.807, 2.05) is 0 Å². The maximum Gasteiger partial charge on any atom is 0.356 e. The predicted molar refractivity (Wildman–Crippen MR) is 62.5 cm³/mol. The molecular weight excluding hydrogens is 224 g/mol. The standard InChI is InChI=1S/C10H14N4O3/c1-14(5-8(12)15)9-6(11)3-4-7(13-9)10(16)17-2/h3-4H,5,11H2,1-2H3,(H2,12,15). The van der Waals surface area contributed by atoms with Gasteiger partial charge in [0.1, 0.15) is 0 Å². The molecule has 0 aliphatic heterocycles. The van der Waals surface area contributed by atoms with E-state index in [1.165, 1.54) is 24.1 Å². The molecule has 1 aromatic heterocycles. The number of aromatic nitrogens is 1. The number of nitrogens with zero attached hydrogens (tertiary/aromatic N) is 2. The molecule has 0 atom stereocenters. The van der Waals surface area contributed by atoms with Gasteiger partial charge < -0.3 is 21.1 Å². The van der Waals surface area contributed by atoms with E-state index in [1.54, 1.807) is 7.05 Å². The third-order valence-corrected chi connectivity index (χ3v) is 2.05. The molecule has 1 rings (SSSR count). The molecule has 0 saturated heterocycles. The molecule has 4 N–H and O–H groups in total. The summed E-state index contributed by atoms with van der Waals surface area (Å²) in [5.74, 6) is -0.775. The maximum atomic E-state index is 11.3. The molecular formula is C10H14N4O3. The summed E-state index contributed by atoms with van der Waals surface area (Å²) in [6, 6.07) is 2.97. The molecule has 0 bridgehead atoms. The lowest BCUT2D eigenvalue weighted by atomic mass is 10.3. The van der Waals surface area contributed by atoms with Gasteiger partial charge in [0.2, 0.25) is 5.91 Å². The topological polar surface area (TPSA) is 112 Å². The Morgan fingerprint density at radius 2 is 2.12 bits per heavy atom. The zero-order valence-electron chi connectivity index (χ0n) is 9.64. The highest BCUT2D eigenvalue weighted by atomic mass is 16.5. The van der Waals surface area contributed by atoms with Gasteiger partial charge in [-0.05, 0) is 12.1 Å². The summed E-state index contributed by atoms with van der Waals surface area (Å²) in [6.07, 6.45) is 0. The second kappa shape index (κ2) is 5.15. The minimum Gasteiger partial charge on any atom is -0.464 e. The Labute approximate surface area is 98.4 Å². The molecule has 0 radical (unpaired) electrons. The van der Waals surface area contributed by atoms with Gasteiger partial charge in [-0.3, -0.25) is 4.79 Å². The van der Waals surface area contributed by atoms with Gasteiger partial charge in [-0.15, -0.1) is 0 Å². The van der Waals surface area contributed by atoms with E-state index in [9.17, 15) is 9.59 Å². The Bertz CT molecular complexity index is 447. The molecule has 7 heteroatoms. The minimum absolute atomic E-state index is 0.0399. The Morgan fingerprint density at radius 3 is 2.65 bits per heavy atom. The predicted octanol–water partition coefficient (Wildman–Crippen LogP) is -0.628. The summed E-state index contributed by atoms with van der Waals surface area (Å²) >= 11 is 0. The molecule has 17 heavy (non-hydrogen) atoms. The summed E-state index contributed by atoms with van der Waals surface area (Å²) in [7, 11) is 2.86. The van der Waals surface area contributed by atoms with Crippen LogP contribution >= 0.6 is 0 Å². The third kappa shape index (κ3) is 3.07. The monoisotopic (exact) mass is 238 g/mol. The van der Waals surface area contributed by atoms with Crippen LogP contribution in [0.5, 0.6) is 0 Å². The summed E-state index contributed by atoms with van der Waals surface area (Å²) in [6.45, 7) is -0.0399. The highest BCUT2D eigenvalue weighted by molar-refractivity contribution is 5.89. The number of hydrogen-bond acceptors (Lipinski definition) is 6. The van der Waals surface area contributed by atoms with Gasteiger partial charge in [0.05, 0.1) is 19.3 Å². The van der Waals surface area contributed by atoms with E-state index in [0.717, 1.165) is 0 Å². The number of rotatable bonds is 4. The number of esters is 1. The van der Waals surface area contributed by atoms with Crippen LogP contribution in [-0.4, -0.2) is 37.6 Å². The van der Waals surface area contributed by atoms with Crippen LogP contribution in [0.3, 0.4) is 0 Å². The number of carbonyl (C=O) groups excluding carboxylic acids is 2. The highest BCUT2D eigenvalue weighted by Gasteiger charge is 2.14. The smallest absolute Gasteiger partial charge is 0.356 e. The van der Waals surface area contributed by atoms with Gasteiger partial charge in [-0.1, -0.05) is 0 Å². The van der Waals surface area contributed by atoms with E-state index < -0.39 is 11.9 Å². The summed E-state index contributed by atoms with van der Waals surface area (Å²) in [5.41, 5.74) is 11.2. The quantitative estimate of drug-likeness (QED) is 0.675. The van der Waals surface area contributed by atoms with Gasteiger partial charge in [-0.25, -0.2) is 9.78 Å². The van der Waals surface area contributed by atoms with Crippen molar-refractivity contribution < 1.29 is 14.3 Å². The average molecular weight is 238 g/mol. The molecule has 0 saturated carbocycles. The van der Waals surface area contributed by atoms with Crippen molar-refractivity contribution in [1.29, 1.82) is 0 Å². The normalized spacial score (nSPS) is 9.76. The van der Waals surface area contributed by atoms with Gasteiger partial charge in [0.25, 0.3) is 0 Å². The van der Waals surface area contributed by atoms with Crippen LogP contribution in [0.1, 0.15) is 10.5 Å². The van der Waals surface area contributed by atoms with Crippen molar-refractivity contribution in [3.8, 4) is 0 Å². The fraction of sp³-hybridized carbons (Fsp3) is 0.300. The zero-order chi connectivity index (χ0) is 13.0. The number of amides is 1. The van der Waals surface area contributed by atoms with Crippen LogP contribution in [0.2, 0.25) is 0 Å². The Kier molecular flexibility index (Phi) is 3.86. The molecule has 0 aliphatic rings. The van der Waals surface area contributed by atoms with Crippen molar-refractivity contribution in [3.05, 3.63) is 17.8 Å². The summed E-state index contributed by atoms with van der Waals surface area (Å²) in [4.78, 5) is 27.6. The lowest BCUT2D eigenvalue weighted by Crippen LogP contribution is -2.31. The number of nitrogen functional groups attached to an aromatic ring is 1. The first kappa shape index (κ1) is 12.8. The molecule has 0 unspecified atom stereocenters. The molecule has 1 aromatic rings. The summed E-state index contributed by atoms with van der Waals surface area (Å²) in [5, 5.41) is 0. The van der Waals surface area contributed by atoms with Crippen molar-refractivity contribution in [2.45, 2.75) is 0 Å². The van der Waals surface area contributed by atoms with Gasteiger partial charge in [0, 0.05) is 7.05 Å². The highest BCUT2D eigenvalue weighted by Crippen LogP contribution is 2.19. The van der Waals surface area contributed by atoms with Crippen molar-refractivity contribution >= 4 is 23.4 Å². The number of carbonyl (C=O) groups is 2. The molecule has 92 valence electrons. The second-order valence-corrected chi connectivity index (χ2v) is 3.42. The molecule has 0 aromatic carbocycles. The molecule has 1 amide bonds. The number of pyridine rings is 1. The largest absolute Gasteiger partial charge is 0.464 e. The fourth-order valence-electron chi connectivity index (χ4n) is 1.29. The van der Waals surface area contributed by atoms with Crippen LogP contribution in [0.4, 0.5) is 11.5 Å². The number of ether oxygens (including phenoxy) is 1. The van der Waals surface area contributed by atoms with E-state index in [2.05, 4.69) is 9.72 Å². The van der Waals surface area contributed by atoms with Gasteiger partial charge in [-0.2, -0.15) is 0 Å². The fourth-order valence-corrected chi connectivity index (χ4v) is 1.29. The van der Waals surface area contributed by atoms with E-state index in [4.69, 9.17) is 11.5 Å². The molecule has 0 fully saturated rings. The van der Waals surface area contributed by atoms with Crippen molar-refractivity contribution in [3.63, 3.8) is 0 Å². The van der Waals surface area contributed by atoms with E-state index in [-0.39, 0.29) is 12.2 Å². The Hall–Kier alpha value is -2.31. The first-order chi connectivity index (χ1) is 7.95.